The summed E-state index contributed by atoms with van der Waals surface area (Å²) in [5.74, 6) is 1.41. The number of esters is 1. The fourth-order valence-corrected chi connectivity index (χ4v) is 4.17. The molecule has 0 spiro atoms. The first-order chi connectivity index (χ1) is 15.9. The van der Waals surface area contributed by atoms with Crippen LogP contribution in [0, 0.1) is 13.8 Å². The van der Waals surface area contributed by atoms with Crippen LogP contribution in [0.3, 0.4) is 0 Å². The summed E-state index contributed by atoms with van der Waals surface area (Å²) in [4.78, 5) is 16.7. The van der Waals surface area contributed by atoms with Gasteiger partial charge in [0.2, 0.25) is 5.13 Å². The van der Waals surface area contributed by atoms with E-state index in [4.69, 9.17) is 18.6 Å². The normalized spacial score (nSPS) is 11.5. The summed E-state index contributed by atoms with van der Waals surface area (Å²) >= 11 is 1.19. The molecule has 2 aromatic carbocycles. The molecule has 0 saturated carbocycles. The van der Waals surface area contributed by atoms with E-state index in [2.05, 4.69) is 15.5 Å². The minimum absolute atomic E-state index is 0.423. The fraction of sp³-hybridized carbons (Fsp3) is 0.208. The van der Waals surface area contributed by atoms with Gasteiger partial charge in [-0.1, -0.05) is 23.0 Å². The maximum absolute atomic E-state index is 11.9. The lowest BCUT2D eigenvalue weighted by molar-refractivity contribution is 0.0605. The lowest BCUT2D eigenvalue weighted by atomic mass is 10.1. The maximum atomic E-state index is 11.9. The van der Waals surface area contributed by atoms with Gasteiger partial charge in [0.15, 0.2) is 11.5 Å². The lowest BCUT2D eigenvalue weighted by Gasteiger charge is -2.10. The number of fused-ring (bicyclic) bond motifs is 1. The zero-order valence-electron chi connectivity index (χ0n) is 18.9. The van der Waals surface area contributed by atoms with Crippen molar-refractivity contribution in [3.05, 3.63) is 64.0 Å². The Morgan fingerprint density at radius 1 is 1.03 bits per heavy atom. The van der Waals surface area contributed by atoms with E-state index in [1.54, 1.807) is 21.1 Å². The van der Waals surface area contributed by atoms with Crippen molar-refractivity contribution in [2.24, 2.45) is 5.10 Å². The number of ether oxygens (including phenoxy) is 3. The van der Waals surface area contributed by atoms with Gasteiger partial charge >= 0.3 is 5.97 Å². The second-order valence-electron chi connectivity index (χ2n) is 7.21. The quantitative estimate of drug-likeness (QED) is 0.319. The van der Waals surface area contributed by atoms with E-state index < -0.39 is 5.97 Å². The molecule has 2 aromatic heterocycles. The highest BCUT2D eigenvalue weighted by atomic mass is 32.1. The molecule has 4 aromatic rings. The largest absolute Gasteiger partial charge is 0.493 e. The highest BCUT2D eigenvalue weighted by Crippen LogP contribution is 2.33. The Kier molecular flexibility index (Phi) is 6.32. The summed E-state index contributed by atoms with van der Waals surface area (Å²) in [5, 5.41) is 6.57. The van der Waals surface area contributed by atoms with Gasteiger partial charge < -0.3 is 18.6 Å². The zero-order chi connectivity index (χ0) is 23.5. The zero-order valence-corrected chi connectivity index (χ0v) is 19.7. The number of methoxy groups -OCH3 is 3. The number of aromatic nitrogens is 1. The van der Waals surface area contributed by atoms with Crippen molar-refractivity contribution >= 4 is 33.4 Å². The van der Waals surface area contributed by atoms with E-state index in [1.807, 2.05) is 49.4 Å². The molecule has 33 heavy (non-hydrogen) atoms. The van der Waals surface area contributed by atoms with E-state index >= 15 is 0 Å². The van der Waals surface area contributed by atoms with Gasteiger partial charge in [-0.05, 0) is 44.2 Å². The van der Waals surface area contributed by atoms with Crippen molar-refractivity contribution in [3.8, 4) is 22.8 Å². The molecule has 170 valence electrons. The van der Waals surface area contributed by atoms with Gasteiger partial charge in [0, 0.05) is 17.0 Å². The molecule has 0 aliphatic heterocycles. The van der Waals surface area contributed by atoms with Gasteiger partial charge in [-0.15, -0.1) is 0 Å². The molecule has 0 saturated heterocycles. The standard InChI is InChI=1S/C24H23N3O5S/c1-13-6-8-18-16(10-13)17(26-27-24-25-14(2)22(33-24)23(28)31-5)12-20(32-18)15-7-9-19(29-3)21(11-15)30-4/h6-12H,1-5H3,(H,25,27). The van der Waals surface area contributed by atoms with Gasteiger partial charge in [0.1, 0.15) is 16.2 Å². The van der Waals surface area contributed by atoms with Crippen LogP contribution in [0.4, 0.5) is 5.13 Å². The third-order valence-corrected chi connectivity index (χ3v) is 6.05. The molecule has 0 radical (unpaired) electrons. The van der Waals surface area contributed by atoms with Crippen LogP contribution < -0.4 is 20.3 Å². The van der Waals surface area contributed by atoms with E-state index in [9.17, 15) is 4.79 Å². The molecule has 4 rings (SSSR count). The number of thiazole rings is 1. The SMILES string of the molecule is COC(=O)c1sc(NN=c2cc(-c3ccc(OC)c(OC)c3)oc3ccc(C)cc23)nc1C. The second-order valence-corrected chi connectivity index (χ2v) is 8.21. The number of rotatable bonds is 6. The van der Waals surface area contributed by atoms with Crippen molar-refractivity contribution in [2.75, 3.05) is 26.8 Å². The topological polar surface area (TPSA) is 95.2 Å². The Hall–Kier alpha value is -3.85. The molecule has 1 N–H and O–H groups in total. The molecule has 8 nitrogen and oxygen atoms in total. The first-order valence-electron chi connectivity index (χ1n) is 10.1. The number of hydrogen-bond acceptors (Lipinski definition) is 9. The van der Waals surface area contributed by atoms with E-state index in [1.165, 1.54) is 18.4 Å². The molecular weight excluding hydrogens is 442 g/mol. The molecule has 0 fully saturated rings. The van der Waals surface area contributed by atoms with Crippen LogP contribution in [-0.4, -0.2) is 32.3 Å². The van der Waals surface area contributed by atoms with Gasteiger partial charge in [0.05, 0.1) is 32.4 Å². The molecule has 0 bridgehead atoms. The number of aryl methyl sites for hydroxylation is 2. The molecule has 0 aliphatic rings. The molecule has 9 heteroatoms. The van der Waals surface area contributed by atoms with Crippen LogP contribution in [0.1, 0.15) is 20.9 Å². The summed E-state index contributed by atoms with van der Waals surface area (Å²) in [7, 11) is 4.52. The van der Waals surface area contributed by atoms with Crippen molar-refractivity contribution in [1.82, 2.24) is 4.98 Å². The highest BCUT2D eigenvalue weighted by Gasteiger charge is 2.15. The molecule has 0 aliphatic carbocycles. The Labute approximate surface area is 194 Å². The number of anilines is 1. The van der Waals surface area contributed by atoms with Crippen molar-refractivity contribution in [2.45, 2.75) is 13.8 Å². The van der Waals surface area contributed by atoms with Crippen molar-refractivity contribution in [1.29, 1.82) is 0 Å². The monoisotopic (exact) mass is 465 g/mol. The summed E-state index contributed by atoms with van der Waals surface area (Å²) in [6, 6.07) is 13.3. The van der Waals surface area contributed by atoms with Crippen molar-refractivity contribution in [3.63, 3.8) is 0 Å². The van der Waals surface area contributed by atoms with Crippen LogP contribution in [0.2, 0.25) is 0 Å². The number of benzene rings is 2. The Morgan fingerprint density at radius 2 is 1.82 bits per heavy atom. The number of nitrogens with zero attached hydrogens (tertiary/aromatic N) is 2. The molecular formula is C24H23N3O5S. The van der Waals surface area contributed by atoms with Crippen LogP contribution in [0.5, 0.6) is 11.5 Å². The lowest BCUT2D eigenvalue weighted by Crippen LogP contribution is -2.07. The number of hydrogen-bond donors (Lipinski definition) is 1. The average molecular weight is 466 g/mol. The first kappa shape index (κ1) is 22.3. The average Bonchev–Trinajstić information content (AvgIpc) is 3.21. The van der Waals surface area contributed by atoms with Gasteiger partial charge in [0.25, 0.3) is 0 Å². The highest BCUT2D eigenvalue weighted by molar-refractivity contribution is 7.17. The Morgan fingerprint density at radius 3 is 2.55 bits per heavy atom. The molecule has 0 amide bonds. The number of carbonyl (C=O) groups is 1. The number of nitrogens with one attached hydrogen (secondary N) is 1. The Balaban J connectivity index is 1.82. The molecule has 0 atom stereocenters. The van der Waals surface area contributed by atoms with Crippen molar-refractivity contribution < 1.29 is 23.4 Å². The number of carbonyl (C=O) groups excluding carboxylic acids is 1. The van der Waals surface area contributed by atoms with Gasteiger partial charge in [-0.25, -0.2) is 9.78 Å². The third-order valence-electron chi connectivity index (χ3n) is 5.01. The fourth-order valence-electron chi connectivity index (χ4n) is 3.34. The predicted molar refractivity (Wildman–Crippen MR) is 127 cm³/mol. The van der Waals surface area contributed by atoms with Gasteiger partial charge in [-0.2, -0.15) is 5.10 Å². The molecule has 2 heterocycles. The van der Waals surface area contributed by atoms with Crippen LogP contribution in [-0.2, 0) is 4.74 Å². The van der Waals surface area contributed by atoms with Gasteiger partial charge in [-0.3, -0.25) is 5.43 Å². The van der Waals surface area contributed by atoms with Crippen LogP contribution >= 0.6 is 11.3 Å². The summed E-state index contributed by atoms with van der Waals surface area (Å²) in [6.07, 6.45) is 0. The van der Waals surface area contributed by atoms with E-state index in [0.717, 1.165) is 16.5 Å². The Bertz CT molecular complexity index is 1410. The first-order valence-corrected chi connectivity index (χ1v) is 10.9. The van der Waals surface area contributed by atoms with Crippen LogP contribution in [0.15, 0.2) is 52.0 Å². The van der Waals surface area contributed by atoms with Crippen LogP contribution in [0.25, 0.3) is 22.3 Å². The smallest absolute Gasteiger partial charge is 0.350 e. The third kappa shape index (κ3) is 4.54. The predicted octanol–water partition coefficient (Wildman–Crippen LogP) is 4.90. The van der Waals surface area contributed by atoms with E-state index in [0.29, 0.717) is 43.9 Å². The molecule has 0 unspecified atom stereocenters. The summed E-state index contributed by atoms with van der Waals surface area (Å²) in [6.45, 7) is 3.76. The van der Waals surface area contributed by atoms with E-state index in [-0.39, 0.29) is 0 Å². The second kappa shape index (κ2) is 9.33. The minimum atomic E-state index is -0.423. The minimum Gasteiger partial charge on any atom is -0.493 e. The summed E-state index contributed by atoms with van der Waals surface area (Å²) < 4.78 is 21.8. The maximum Gasteiger partial charge on any atom is 0.350 e. The summed E-state index contributed by atoms with van der Waals surface area (Å²) in [5.41, 5.74) is 6.12.